The molecule has 146 valence electrons. The van der Waals surface area contributed by atoms with Gasteiger partial charge in [0.05, 0.1) is 17.4 Å². The lowest BCUT2D eigenvalue weighted by atomic mass is 10.0. The van der Waals surface area contributed by atoms with Crippen molar-refractivity contribution in [3.05, 3.63) is 47.4 Å². The van der Waals surface area contributed by atoms with Crippen LogP contribution in [0.4, 0.5) is 0 Å². The fourth-order valence-electron chi connectivity index (χ4n) is 3.60. The van der Waals surface area contributed by atoms with Gasteiger partial charge in [0.2, 0.25) is 5.82 Å². The fraction of sp³-hybridized carbons (Fsp3) is 0.450. The average molecular weight is 379 g/mol. The van der Waals surface area contributed by atoms with Crippen LogP contribution in [-0.2, 0) is 13.6 Å². The first-order valence-corrected chi connectivity index (χ1v) is 9.68. The van der Waals surface area contributed by atoms with Gasteiger partial charge in [-0.1, -0.05) is 13.8 Å². The Labute approximate surface area is 164 Å². The van der Waals surface area contributed by atoms with Gasteiger partial charge >= 0.3 is 0 Å². The van der Waals surface area contributed by atoms with Crippen molar-refractivity contribution in [2.45, 2.75) is 52.1 Å². The number of aromatic nitrogens is 6. The number of carbonyl (C=O) groups is 1. The molecule has 0 saturated heterocycles. The van der Waals surface area contributed by atoms with E-state index in [4.69, 9.17) is 5.10 Å². The van der Waals surface area contributed by atoms with Gasteiger partial charge in [0.15, 0.2) is 0 Å². The van der Waals surface area contributed by atoms with Gasteiger partial charge in [0.1, 0.15) is 5.82 Å². The number of amides is 1. The van der Waals surface area contributed by atoms with E-state index in [1.54, 1.807) is 14.0 Å². The summed E-state index contributed by atoms with van der Waals surface area (Å²) in [5, 5.41) is 12.0. The maximum atomic E-state index is 12.6. The van der Waals surface area contributed by atoms with Crippen LogP contribution in [0.25, 0.3) is 11.3 Å². The number of fused-ring (bicyclic) bond motifs is 1. The van der Waals surface area contributed by atoms with E-state index in [-0.39, 0.29) is 11.9 Å². The molecule has 28 heavy (non-hydrogen) atoms. The van der Waals surface area contributed by atoms with Crippen LogP contribution in [0.5, 0.6) is 0 Å². The number of hydrogen-bond donors (Lipinski definition) is 1. The van der Waals surface area contributed by atoms with E-state index in [1.807, 2.05) is 16.9 Å². The molecule has 8 nitrogen and oxygen atoms in total. The number of carbonyl (C=O) groups excluding carboxylic acids is 1. The number of pyridine rings is 1. The summed E-state index contributed by atoms with van der Waals surface area (Å²) in [7, 11) is 1.73. The molecule has 4 heterocycles. The van der Waals surface area contributed by atoms with Crippen molar-refractivity contribution in [3.8, 4) is 11.3 Å². The lowest BCUT2D eigenvalue weighted by Gasteiger charge is -2.11. The molecule has 1 N–H and O–H groups in total. The summed E-state index contributed by atoms with van der Waals surface area (Å²) < 4.78 is 3.49. The molecule has 0 aromatic carbocycles. The molecule has 0 fully saturated rings. The Hall–Kier alpha value is -3.03. The van der Waals surface area contributed by atoms with Crippen molar-refractivity contribution in [3.63, 3.8) is 0 Å². The van der Waals surface area contributed by atoms with E-state index >= 15 is 0 Å². The summed E-state index contributed by atoms with van der Waals surface area (Å²) >= 11 is 0. The molecule has 1 amide bonds. The minimum atomic E-state index is -0.215. The highest BCUT2D eigenvalue weighted by Gasteiger charge is 2.28. The molecular formula is C20H25N7O. The number of rotatable bonds is 5. The van der Waals surface area contributed by atoms with Crippen LogP contribution in [0.3, 0.4) is 0 Å². The van der Waals surface area contributed by atoms with E-state index in [2.05, 4.69) is 46.4 Å². The number of hydrogen-bond acceptors (Lipinski definition) is 5. The van der Waals surface area contributed by atoms with Crippen LogP contribution in [0.15, 0.2) is 24.4 Å². The number of nitrogens with zero attached hydrogens (tertiary/aromatic N) is 6. The minimum Gasteiger partial charge on any atom is -0.341 e. The SMILES string of the molecule is CCC(C)c1cc(-c2cc3n(n2)CC[C@@H]3NC(=O)c2nc(C)nn2C)ccn1. The monoisotopic (exact) mass is 379 g/mol. The number of aryl methyl sites for hydroxylation is 3. The molecule has 0 spiro atoms. The normalized spacial score (nSPS) is 16.8. The minimum absolute atomic E-state index is 0.0818. The first-order valence-electron chi connectivity index (χ1n) is 9.68. The standard InChI is InChI=1S/C20H25N7O/c1-5-12(2)16-10-14(6-8-21-16)17-11-18-15(7-9-27(18)25-17)23-20(28)19-22-13(3)24-26(19)4/h6,8,10-12,15H,5,7,9H2,1-4H3,(H,23,28)/t12?,15-/m0/s1. The maximum Gasteiger partial charge on any atom is 0.289 e. The van der Waals surface area contributed by atoms with Gasteiger partial charge in [-0.25, -0.2) is 9.67 Å². The van der Waals surface area contributed by atoms with Crippen LogP contribution in [0.1, 0.15) is 66.5 Å². The quantitative estimate of drug-likeness (QED) is 0.736. The smallest absolute Gasteiger partial charge is 0.289 e. The Morgan fingerprint density at radius 1 is 1.36 bits per heavy atom. The Balaban J connectivity index is 1.56. The molecular weight excluding hydrogens is 354 g/mol. The highest BCUT2D eigenvalue weighted by Crippen LogP contribution is 2.31. The summed E-state index contributed by atoms with van der Waals surface area (Å²) in [6, 6.07) is 6.08. The van der Waals surface area contributed by atoms with Crippen LogP contribution < -0.4 is 5.32 Å². The predicted octanol–water partition coefficient (Wildman–Crippen LogP) is 2.77. The lowest BCUT2D eigenvalue weighted by Crippen LogP contribution is -2.29. The van der Waals surface area contributed by atoms with Crippen LogP contribution in [0, 0.1) is 6.92 Å². The Morgan fingerprint density at radius 3 is 2.89 bits per heavy atom. The molecule has 0 radical (unpaired) electrons. The molecule has 0 bridgehead atoms. The van der Waals surface area contributed by atoms with Crippen molar-refractivity contribution >= 4 is 5.91 Å². The van der Waals surface area contributed by atoms with Gasteiger partial charge < -0.3 is 5.32 Å². The summed E-state index contributed by atoms with van der Waals surface area (Å²) in [5.74, 6) is 1.10. The Kier molecular flexibility index (Phi) is 4.70. The zero-order chi connectivity index (χ0) is 19.8. The van der Waals surface area contributed by atoms with Crippen molar-refractivity contribution in [1.29, 1.82) is 0 Å². The van der Waals surface area contributed by atoms with Crippen LogP contribution in [-0.4, -0.2) is 35.4 Å². The third-order valence-electron chi connectivity index (χ3n) is 5.37. The average Bonchev–Trinajstić information content (AvgIpc) is 3.36. The summed E-state index contributed by atoms with van der Waals surface area (Å²) in [4.78, 5) is 21.3. The van der Waals surface area contributed by atoms with E-state index < -0.39 is 0 Å². The van der Waals surface area contributed by atoms with E-state index in [1.165, 1.54) is 4.68 Å². The van der Waals surface area contributed by atoms with Crippen LogP contribution >= 0.6 is 0 Å². The van der Waals surface area contributed by atoms with E-state index in [9.17, 15) is 4.79 Å². The first kappa shape index (κ1) is 18.3. The fourth-order valence-corrected chi connectivity index (χ4v) is 3.60. The predicted molar refractivity (Wildman–Crippen MR) is 105 cm³/mol. The molecule has 1 aliphatic heterocycles. The largest absolute Gasteiger partial charge is 0.341 e. The van der Waals surface area contributed by atoms with E-state index in [0.717, 1.165) is 42.0 Å². The van der Waals surface area contributed by atoms with Crippen molar-refractivity contribution in [1.82, 2.24) is 34.8 Å². The second kappa shape index (κ2) is 7.18. The third-order valence-corrected chi connectivity index (χ3v) is 5.37. The topological polar surface area (TPSA) is 90.5 Å². The molecule has 2 atom stereocenters. The molecule has 0 aliphatic carbocycles. The van der Waals surface area contributed by atoms with Gasteiger partial charge in [-0.2, -0.15) is 10.2 Å². The third kappa shape index (κ3) is 3.30. The van der Waals surface area contributed by atoms with Crippen molar-refractivity contribution in [2.75, 3.05) is 0 Å². The molecule has 1 aliphatic rings. The van der Waals surface area contributed by atoms with Crippen molar-refractivity contribution < 1.29 is 4.79 Å². The molecule has 4 rings (SSSR count). The second-order valence-corrected chi connectivity index (χ2v) is 7.38. The summed E-state index contributed by atoms with van der Waals surface area (Å²) in [5.41, 5.74) is 4.07. The van der Waals surface area contributed by atoms with Gasteiger partial charge in [-0.05, 0) is 43.9 Å². The maximum absolute atomic E-state index is 12.6. The Bertz CT molecular complexity index is 1020. The first-order chi connectivity index (χ1) is 13.5. The van der Waals surface area contributed by atoms with E-state index in [0.29, 0.717) is 17.6 Å². The van der Waals surface area contributed by atoms with Gasteiger partial charge in [-0.3, -0.25) is 14.5 Å². The van der Waals surface area contributed by atoms with Gasteiger partial charge in [-0.15, -0.1) is 0 Å². The molecule has 3 aromatic rings. The molecule has 8 heteroatoms. The lowest BCUT2D eigenvalue weighted by molar-refractivity contribution is 0.0922. The zero-order valence-corrected chi connectivity index (χ0v) is 16.7. The highest BCUT2D eigenvalue weighted by molar-refractivity contribution is 5.91. The second-order valence-electron chi connectivity index (χ2n) is 7.38. The zero-order valence-electron chi connectivity index (χ0n) is 16.7. The molecule has 3 aromatic heterocycles. The van der Waals surface area contributed by atoms with Crippen LogP contribution in [0.2, 0.25) is 0 Å². The summed E-state index contributed by atoms with van der Waals surface area (Å²) in [6.45, 7) is 6.90. The van der Waals surface area contributed by atoms with Gasteiger partial charge in [0.25, 0.3) is 5.91 Å². The number of nitrogens with one attached hydrogen (secondary N) is 1. The molecule has 1 unspecified atom stereocenters. The van der Waals surface area contributed by atoms with Gasteiger partial charge in [0, 0.05) is 31.0 Å². The van der Waals surface area contributed by atoms with Crippen molar-refractivity contribution in [2.24, 2.45) is 7.05 Å². The highest BCUT2D eigenvalue weighted by atomic mass is 16.2. The summed E-state index contributed by atoms with van der Waals surface area (Å²) in [6.07, 6.45) is 3.71. The molecule has 0 saturated carbocycles. The Morgan fingerprint density at radius 2 is 2.18 bits per heavy atom.